The summed E-state index contributed by atoms with van der Waals surface area (Å²) in [4.78, 5) is 2.56. The second-order valence-electron chi connectivity index (χ2n) is 5.08. The van der Waals surface area contributed by atoms with Crippen molar-refractivity contribution < 1.29 is 9.47 Å². The summed E-state index contributed by atoms with van der Waals surface area (Å²) in [7, 11) is 1.70. The lowest BCUT2D eigenvalue weighted by Gasteiger charge is -2.42. The third kappa shape index (κ3) is 6.70. The van der Waals surface area contributed by atoms with Gasteiger partial charge in [0.25, 0.3) is 0 Å². The zero-order chi connectivity index (χ0) is 14.6. The Hall–Kier alpha value is -0.160. The van der Waals surface area contributed by atoms with Gasteiger partial charge in [-0.2, -0.15) is 0 Å². The van der Waals surface area contributed by atoms with Crippen molar-refractivity contribution in [3.05, 3.63) is 0 Å². The van der Waals surface area contributed by atoms with Crippen LogP contribution in [0.4, 0.5) is 0 Å². The quantitative estimate of drug-likeness (QED) is 0.523. The highest BCUT2D eigenvalue weighted by atomic mass is 16.5. The molecule has 0 fully saturated rings. The van der Waals surface area contributed by atoms with E-state index in [1.165, 1.54) is 6.42 Å². The van der Waals surface area contributed by atoms with E-state index >= 15 is 0 Å². The number of rotatable bonds is 13. The van der Waals surface area contributed by atoms with Crippen LogP contribution < -0.4 is 5.73 Å². The first kappa shape index (κ1) is 18.8. The lowest BCUT2D eigenvalue weighted by molar-refractivity contribution is 0.0465. The molecule has 0 unspecified atom stereocenters. The molecular weight excluding hydrogens is 240 g/mol. The molecule has 4 heteroatoms. The molecule has 0 spiro atoms. The van der Waals surface area contributed by atoms with Crippen molar-refractivity contribution in [2.45, 2.75) is 52.0 Å². The summed E-state index contributed by atoms with van der Waals surface area (Å²) in [6.07, 6.45) is 4.47. The van der Waals surface area contributed by atoms with Crippen molar-refractivity contribution >= 4 is 0 Å². The third-order valence-electron chi connectivity index (χ3n) is 4.01. The number of ether oxygens (including phenoxy) is 2. The topological polar surface area (TPSA) is 47.7 Å². The zero-order valence-corrected chi connectivity index (χ0v) is 13.4. The molecule has 0 heterocycles. The van der Waals surface area contributed by atoms with E-state index in [-0.39, 0.29) is 5.54 Å². The monoisotopic (exact) mass is 274 g/mol. The second-order valence-corrected chi connectivity index (χ2v) is 5.08. The Morgan fingerprint density at radius 2 is 1.68 bits per heavy atom. The molecule has 0 aromatic heterocycles. The minimum atomic E-state index is 0.169. The highest BCUT2D eigenvalue weighted by molar-refractivity contribution is 4.89. The minimum absolute atomic E-state index is 0.169. The Bertz CT molecular complexity index is 188. The summed E-state index contributed by atoms with van der Waals surface area (Å²) in [6.45, 7) is 11.8. The van der Waals surface area contributed by atoms with Gasteiger partial charge in [0.05, 0.1) is 13.2 Å². The highest BCUT2D eigenvalue weighted by Crippen LogP contribution is 2.23. The van der Waals surface area contributed by atoms with E-state index in [1.54, 1.807) is 7.11 Å². The van der Waals surface area contributed by atoms with E-state index in [9.17, 15) is 0 Å². The van der Waals surface area contributed by atoms with Crippen LogP contribution in [-0.4, -0.2) is 57.0 Å². The fourth-order valence-corrected chi connectivity index (χ4v) is 2.57. The number of hydrogen-bond donors (Lipinski definition) is 1. The molecule has 116 valence electrons. The van der Waals surface area contributed by atoms with Gasteiger partial charge in [0, 0.05) is 32.3 Å². The van der Waals surface area contributed by atoms with Crippen LogP contribution in [0.1, 0.15) is 46.5 Å². The fourth-order valence-electron chi connectivity index (χ4n) is 2.57. The van der Waals surface area contributed by atoms with Gasteiger partial charge < -0.3 is 15.2 Å². The second kappa shape index (κ2) is 11.6. The molecule has 0 radical (unpaired) electrons. The molecular formula is C15H34N2O2. The Morgan fingerprint density at radius 1 is 1.00 bits per heavy atom. The largest absolute Gasteiger partial charge is 0.382 e. The van der Waals surface area contributed by atoms with E-state index in [1.807, 2.05) is 0 Å². The van der Waals surface area contributed by atoms with Crippen molar-refractivity contribution in [1.82, 2.24) is 4.90 Å². The van der Waals surface area contributed by atoms with Crippen LogP contribution in [-0.2, 0) is 9.47 Å². The number of nitrogens with two attached hydrogens (primary N) is 1. The van der Waals surface area contributed by atoms with Crippen molar-refractivity contribution in [3.8, 4) is 0 Å². The lowest BCUT2D eigenvalue weighted by atomic mass is 9.90. The van der Waals surface area contributed by atoms with Gasteiger partial charge in [0.15, 0.2) is 0 Å². The maximum absolute atomic E-state index is 6.04. The molecule has 4 nitrogen and oxygen atoms in total. The van der Waals surface area contributed by atoms with Crippen LogP contribution in [0.15, 0.2) is 0 Å². The van der Waals surface area contributed by atoms with E-state index < -0.39 is 0 Å². The van der Waals surface area contributed by atoms with Crippen molar-refractivity contribution in [3.63, 3.8) is 0 Å². The molecule has 0 aliphatic rings. The third-order valence-corrected chi connectivity index (χ3v) is 4.01. The van der Waals surface area contributed by atoms with Crippen LogP contribution in [0.2, 0.25) is 0 Å². The number of hydrogen-bond acceptors (Lipinski definition) is 4. The highest BCUT2D eigenvalue weighted by Gasteiger charge is 2.30. The van der Waals surface area contributed by atoms with E-state index in [2.05, 4.69) is 25.7 Å². The molecule has 0 saturated carbocycles. The van der Waals surface area contributed by atoms with Crippen molar-refractivity contribution in [2.75, 3.05) is 46.6 Å². The minimum Gasteiger partial charge on any atom is -0.382 e. The summed E-state index contributed by atoms with van der Waals surface area (Å²) in [5.74, 6) is 0. The lowest BCUT2D eigenvalue weighted by Crippen LogP contribution is -2.53. The van der Waals surface area contributed by atoms with Crippen LogP contribution in [0.25, 0.3) is 0 Å². The molecule has 0 aromatic rings. The molecule has 0 atom stereocenters. The first-order valence-corrected chi connectivity index (χ1v) is 7.72. The van der Waals surface area contributed by atoms with Crippen LogP contribution in [0, 0.1) is 0 Å². The molecule has 0 aliphatic carbocycles. The Kier molecular flexibility index (Phi) is 11.6. The summed E-state index contributed by atoms with van der Waals surface area (Å²) >= 11 is 0. The smallest absolute Gasteiger partial charge is 0.0700 e. The molecule has 0 aliphatic heterocycles. The van der Waals surface area contributed by atoms with Gasteiger partial charge in [-0.15, -0.1) is 0 Å². The van der Waals surface area contributed by atoms with Gasteiger partial charge in [-0.1, -0.05) is 20.8 Å². The van der Waals surface area contributed by atoms with Crippen molar-refractivity contribution in [2.24, 2.45) is 5.73 Å². The molecule has 2 N–H and O–H groups in total. The molecule has 0 amide bonds. The normalized spacial score (nSPS) is 12.3. The zero-order valence-electron chi connectivity index (χ0n) is 13.4. The van der Waals surface area contributed by atoms with Gasteiger partial charge in [0.1, 0.15) is 0 Å². The summed E-state index contributed by atoms with van der Waals surface area (Å²) in [5.41, 5.74) is 6.21. The molecule has 0 saturated heterocycles. The fraction of sp³-hybridized carbons (Fsp3) is 1.00. The summed E-state index contributed by atoms with van der Waals surface area (Å²) < 4.78 is 10.5. The van der Waals surface area contributed by atoms with Gasteiger partial charge >= 0.3 is 0 Å². The van der Waals surface area contributed by atoms with E-state index in [0.717, 1.165) is 45.5 Å². The molecule has 19 heavy (non-hydrogen) atoms. The first-order valence-electron chi connectivity index (χ1n) is 7.72. The van der Waals surface area contributed by atoms with Crippen LogP contribution in [0.3, 0.4) is 0 Å². The van der Waals surface area contributed by atoms with Gasteiger partial charge in [-0.05, 0) is 32.2 Å². The molecule has 0 rings (SSSR count). The predicted octanol–water partition coefficient (Wildman–Crippen LogP) is 2.27. The number of nitrogens with zero attached hydrogens (tertiary/aromatic N) is 1. The predicted molar refractivity (Wildman–Crippen MR) is 81.5 cm³/mol. The van der Waals surface area contributed by atoms with Crippen molar-refractivity contribution in [1.29, 1.82) is 0 Å². The Labute approximate surface area is 119 Å². The van der Waals surface area contributed by atoms with Gasteiger partial charge in [-0.25, -0.2) is 0 Å². The maximum Gasteiger partial charge on any atom is 0.0700 e. The van der Waals surface area contributed by atoms with Crippen LogP contribution in [0.5, 0.6) is 0 Å². The standard InChI is InChI=1S/C15H34N2O2/c1-5-9-17(15(6-2,7-3)14-16)10-8-11-19-13-12-18-4/h5-14,16H2,1-4H3. The maximum atomic E-state index is 6.04. The Balaban J connectivity index is 4.16. The summed E-state index contributed by atoms with van der Waals surface area (Å²) in [6, 6.07) is 0. The first-order chi connectivity index (χ1) is 9.20. The van der Waals surface area contributed by atoms with Crippen LogP contribution >= 0.6 is 0 Å². The Morgan fingerprint density at radius 3 is 2.16 bits per heavy atom. The SMILES string of the molecule is CCCN(CCCOCCOC)C(CC)(CC)CN. The van der Waals surface area contributed by atoms with E-state index in [0.29, 0.717) is 13.2 Å². The van der Waals surface area contributed by atoms with Gasteiger partial charge in [-0.3, -0.25) is 4.90 Å². The summed E-state index contributed by atoms with van der Waals surface area (Å²) in [5, 5.41) is 0. The molecule has 0 bridgehead atoms. The van der Waals surface area contributed by atoms with Gasteiger partial charge in [0.2, 0.25) is 0 Å². The average Bonchev–Trinajstić information content (AvgIpc) is 2.45. The van der Waals surface area contributed by atoms with E-state index in [4.69, 9.17) is 15.2 Å². The average molecular weight is 274 g/mol. The number of methoxy groups -OCH3 is 1. The molecule has 0 aromatic carbocycles.